The van der Waals surface area contributed by atoms with Gasteiger partial charge in [-0.3, -0.25) is 4.79 Å². The zero-order chi connectivity index (χ0) is 20.1. The fourth-order valence-corrected chi connectivity index (χ4v) is 2.51. The Bertz CT molecular complexity index is 999. The highest BCUT2D eigenvalue weighted by molar-refractivity contribution is 6.04. The minimum Gasteiger partial charge on any atom is -0.465 e. The number of aryl methyl sites for hydroxylation is 2. The van der Waals surface area contributed by atoms with Crippen LogP contribution in [0.5, 0.6) is 0 Å². The Kier molecular flexibility index (Phi) is 5.64. The lowest BCUT2D eigenvalue weighted by molar-refractivity contribution is 0.0600. The summed E-state index contributed by atoms with van der Waals surface area (Å²) in [4.78, 5) is 32.2. The summed E-state index contributed by atoms with van der Waals surface area (Å²) in [7, 11) is 1.33. The van der Waals surface area contributed by atoms with Crippen LogP contribution in [0, 0.1) is 13.8 Å². The first-order valence-corrected chi connectivity index (χ1v) is 8.62. The summed E-state index contributed by atoms with van der Waals surface area (Å²) in [6.45, 7) is 3.90. The number of esters is 1. The third-order valence-corrected chi connectivity index (χ3v) is 4.12. The Labute approximate surface area is 162 Å². The molecule has 1 aromatic heterocycles. The van der Waals surface area contributed by atoms with Crippen LogP contribution in [0.2, 0.25) is 0 Å². The van der Waals surface area contributed by atoms with Crippen molar-refractivity contribution in [3.8, 4) is 0 Å². The number of amides is 1. The molecule has 3 rings (SSSR count). The number of benzene rings is 2. The Morgan fingerprint density at radius 1 is 0.929 bits per heavy atom. The highest BCUT2D eigenvalue weighted by Gasteiger charge is 2.10. The number of methoxy groups -OCH3 is 1. The maximum Gasteiger partial charge on any atom is 0.337 e. The van der Waals surface area contributed by atoms with Gasteiger partial charge in [-0.1, -0.05) is 12.1 Å². The van der Waals surface area contributed by atoms with Crippen molar-refractivity contribution in [1.82, 2.24) is 9.97 Å². The molecule has 1 amide bonds. The molecule has 28 heavy (non-hydrogen) atoms. The number of carbonyl (C=O) groups is 2. The molecule has 0 bridgehead atoms. The molecule has 0 aliphatic rings. The molecule has 0 unspecified atom stereocenters. The smallest absolute Gasteiger partial charge is 0.337 e. The molecular formula is C21H20N4O3. The predicted octanol–water partition coefficient (Wildman–Crippen LogP) is 3.88. The van der Waals surface area contributed by atoms with Gasteiger partial charge in [-0.15, -0.1) is 0 Å². The van der Waals surface area contributed by atoms with E-state index in [1.54, 1.807) is 24.3 Å². The van der Waals surface area contributed by atoms with E-state index in [-0.39, 0.29) is 5.91 Å². The lowest BCUT2D eigenvalue weighted by atomic mass is 10.1. The van der Waals surface area contributed by atoms with Gasteiger partial charge in [0.1, 0.15) is 0 Å². The van der Waals surface area contributed by atoms with Crippen LogP contribution in [0.1, 0.15) is 31.8 Å². The van der Waals surface area contributed by atoms with Crippen LogP contribution in [-0.4, -0.2) is 29.0 Å². The quantitative estimate of drug-likeness (QED) is 0.657. The Hall–Kier alpha value is -3.74. The van der Waals surface area contributed by atoms with E-state index in [1.165, 1.54) is 19.5 Å². The van der Waals surface area contributed by atoms with E-state index in [1.807, 2.05) is 32.0 Å². The molecule has 2 aromatic carbocycles. The summed E-state index contributed by atoms with van der Waals surface area (Å²) in [5.41, 5.74) is 4.32. The summed E-state index contributed by atoms with van der Waals surface area (Å²) >= 11 is 0. The molecule has 0 saturated carbocycles. The summed E-state index contributed by atoms with van der Waals surface area (Å²) in [5, 5.41) is 5.89. The first-order chi connectivity index (χ1) is 13.5. The van der Waals surface area contributed by atoms with E-state index in [0.29, 0.717) is 22.8 Å². The lowest BCUT2D eigenvalue weighted by Gasteiger charge is -2.10. The second kappa shape index (κ2) is 8.30. The number of anilines is 3. The SMILES string of the molecule is COC(=O)c1ccc(Nc2ncc(C(=O)Nc3cc(C)ccc3C)cn2)cc1. The highest BCUT2D eigenvalue weighted by Crippen LogP contribution is 2.18. The minimum atomic E-state index is -0.401. The third kappa shape index (κ3) is 4.50. The molecule has 0 spiro atoms. The standard InChI is InChI=1S/C21H20N4O3/c1-13-4-5-14(2)18(10-13)25-19(26)16-11-22-21(23-12-16)24-17-8-6-15(7-9-17)20(27)28-3/h4-12H,1-3H3,(H,25,26)(H,22,23,24). The van der Waals surface area contributed by atoms with Crippen LogP contribution in [0.3, 0.4) is 0 Å². The van der Waals surface area contributed by atoms with E-state index in [9.17, 15) is 9.59 Å². The molecule has 7 heteroatoms. The monoisotopic (exact) mass is 376 g/mol. The van der Waals surface area contributed by atoms with Gasteiger partial charge in [0.05, 0.1) is 18.2 Å². The molecule has 0 aliphatic carbocycles. The van der Waals surface area contributed by atoms with Crippen LogP contribution >= 0.6 is 0 Å². The average molecular weight is 376 g/mol. The molecule has 7 nitrogen and oxygen atoms in total. The normalized spacial score (nSPS) is 10.2. The maximum atomic E-state index is 12.4. The zero-order valence-corrected chi connectivity index (χ0v) is 15.8. The van der Waals surface area contributed by atoms with E-state index in [2.05, 4.69) is 25.3 Å². The fraction of sp³-hybridized carbons (Fsp3) is 0.143. The molecule has 1 heterocycles. The van der Waals surface area contributed by atoms with Crippen LogP contribution in [0.15, 0.2) is 54.9 Å². The van der Waals surface area contributed by atoms with Gasteiger partial charge in [0.15, 0.2) is 0 Å². The number of nitrogens with zero attached hydrogens (tertiary/aromatic N) is 2. The van der Waals surface area contributed by atoms with Gasteiger partial charge in [-0.25, -0.2) is 14.8 Å². The van der Waals surface area contributed by atoms with Crippen molar-refractivity contribution in [3.05, 3.63) is 77.1 Å². The van der Waals surface area contributed by atoms with Gasteiger partial charge >= 0.3 is 5.97 Å². The molecule has 2 N–H and O–H groups in total. The molecule has 0 saturated heterocycles. The number of carbonyl (C=O) groups excluding carboxylic acids is 2. The molecule has 0 aliphatic heterocycles. The Morgan fingerprint density at radius 2 is 1.61 bits per heavy atom. The number of aromatic nitrogens is 2. The first kappa shape index (κ1) is 19.0. The molecule has 3 aromatic rings. The van der Waals surface area contributed by atoms with Crippen LogP contribution in [-0.2, 0) is 4.74 Å². The maximum absolute atomic E-state index is 12.4. The van der Waals surface area contributed by atoms with Gasteiger partial charge < -0.3 is 15.4 Å². The molecule has 142 valence electrons. The largest absolute Gasteiger partial charge is 0.465 e. The van der Waals surface area contributed by atoms with E-state index < -0.39 is 5.97 Å². The van der Waals surface area contributed by atoms with Crippen molar-refractivity contribution in [2.24, 2.45) is 0 Å². The van der Waals surface area contributed by atoms with Crippen molar-refractivity contribution >= 4 is 29.2 Å². The van der Waals surface area contributed by atoms with Crippen molar-refractivity contribution in [2.45, 2.75) is 13.8 Å². The number of hydrogen-bond acceptors (Lipinski definition) is 6. The van der Waals surface area contributed by atoms with Crippen LogP contribution in [0.25, 0.3) is 0 Å². The van der Waals surface area contributed by atoms with Crippen molar-refractivity contribution in [2.75, 3.05) is 17.7 Å². The lowest BCUT2D eigenvalue weighted by Crippen LogP contribution is -2.14. The second-order valence-corrected chi connectivity index (χ2v) is 6.26. The summed E-state index contributed by atoms with van der Waals surface area (Å²) in [6, 6.07) is 12.6. The summed E-state index contributed by atoms with van der Waals surface area (Å²) < 4.78 is 4.66. The third-order valence-electron chi connectivity index (χ3n) is 4.12. The van der Waals surface area contributed by atoms with Gasteiger partial charge in [0.2, 0.25) is 5.95 Å². The topological polar surface area (TPSA) is 93.2 Å². The average Bonchev–Trinajstić information content (AvgIpc) is 2.71. The Morgan fingerprint density at radius 3 is 2.25 bits per heavy atom. The minimum absolute atomic E-state index is 0.275. The molecule has 0 radical (unpaired) electrons. The zero-order valence-electron chi connectivity index (χ0n) is 15.8. The van der Waals surface area contributed by atoms with Gasteiger partial charge in [0.25, 0.3) is 5.91 Å². The van der Waals surface area contributed by atoms with Gasteiger partial charge in [-0.2, -0.15) is 0 Å². The second-order valence-electron chi connectivity index (χ2n) is 6.26. The van der Waals surface area contributed by atoms with E-state index in [0.717, 1.165) is 16.8 Å². The summed E-state index contributed by atoms with van der Waals surface area (Å²) in [6.07, 6.45) is 2.91. The summed E-state index contributed by atoms with van der Waals surface area (Å²) in [5.74, 6) is -0.334. The molecule has 0 atom stereocenters. The van der Waals surface area contributed by atoms with Crippen molar-refractivity contribution in [1.29, 1.82) is 0 Å². The number of rotatable bonds is 5. The first-order valence-electron chi connectivity index (χ1n) is 8.62. The van der Waals surface area contributed by atoms with E-state index >= 15 is 0 Å². The van der Waals surface area contributed by atoms with Crippen LogP contribution in [0.4, 0.5) is 17.3 Å². The van der Waals surface area contributed by atoms with E-state index in [4.69, 9.17) is 0 Å². The van der Waals surface area contributed by atoms with Crippen molar-refractivity contribution < 1.29 is 14.3 Å². The van der Waals surface area contributed by atoms with Gasteiger partial charge in [0, 0.05) is 23.8 Å². The molecule has 0 fully saturated rings. The number of hydrogen-bond donors (Lipinski definition) is 2. The van der Waals surface area contributed by atoms with Crippen molar-refractivity contribution in [3.63, 3.8) is 0 Å². The molecular weight excluding hydrogens is 356 g/mol. The van der Waals surface area contributed by atoms with Gasteiger partial charge in [-0.05, 0) is 55.3 Å². The number of nitrogens with one attached hydrogen (secondary N) is 2. The Balaban J connectivity index is 1.66. The highest BCUT2D eigenvalue weighted by atomic mass is 16.5. The predicted molar refractivity (Wildman–Crippen MR) is 107 cm³/mol. The fourth-order valence-electron chi connectivity index (χ4n) is 2.51. The number of ether oxygens (including phenoxy) is 1. The van der Waals surface area contributed by atoms with Crippen LogP contribution < -0.4 is 10.6 Å².